The van der Waals surface area contributed by atoms with Crippen LogP contribution >= 0.6 is 0 Å². The van der Waals surface area contributed by atoms with Crippen LogP contribution in [0.25, 0.3) is 11.1 Å². The van der Waals surface area contributed by atoms with Crippen molar-refractivity contribution in [1.82, 2.24) is 10.2 Å². The molecule has 1 saturated heterocycles. The Kier molecular flexibility index (Phi) is 5.49. The van der Waals surface area contributed by atoms with Gasteiger partial charge in [0.1, 0.15) is 6.04 Å². The molecule has 25 heavy (non-hydrogen) atoms. The summed E-state index contributed by atoms with van der Waals surface area (Å²) in [7, 11) is 0. The van der Waals surface area contributed by atoms with Crippen LogP contribution in [0, 0.1) is 0 Å². The van der Waals surface area contributed by atoms with Crippen LogP contribution in [-0.2, 0) is 4.79 Å². The number of nitrogens with one attached hydrogen (secondary N) is 1. The molecule has 3 rings (SSSR count). The third kappa shape index (κ3) is 4.27. The number of hydrogen-bond acceptors (Lipinski definition) is 2. The fraction of sp³-hybridized carbons (Fsp3) is 0.333. The molecule has 1 aliphatic heterocycles. The van der Waals surface area contributed by atoms with Crippen molar-refractivity contribution in [2.24, 2.45) is 0 Å². The second kappa shape index (κ2) is 7.97. The summed E-state index contributed by atoms with van der Waals surface area (Å²) in [5.41, 5.74) is 2.75. The maximum Gasteiger partial charge on any atom is 0.251 e. The van der Waals surface area contributed by atoms with E-state index in [1.165, 1.54) is 6.42 Å². The molecular formula is C21H24N2O2. The first-order chi connectivity index (χ1) is 12.1. The largest absolute Gasteiger partial charge is 0.341 e. The SMILES string of the molecule is CC(NC(=O)c1ccc(-c2ccccc2)cc1)C(=O)N1CCCCC1. The molecule has 4 nitrogen and oxygen atoms in total. The van der Waals surface area contributed by atoms with Crippen LogP contribution in [0.2, 0.25) is 0 Å². The minimum absolute atomic E-state index is 0.00829. The van der Waals surface area contributed by atoms with Gasteiger partial charge in [-0.3, -0.25) is 9.59 Å². The van der Waals surface area contributed by atoms with E-state index in [0.717, 1.165) is 37.1 Å². The number of carbonyl (C=O) groups is 2. The van der Waals surface area contributed by atoms with Crippen LogP contribution < -0.4 is 5.32 Å². The maximum atomic E-state index is 12.4. The van der Waals surface area contributed by atoms with E-state index >= 15 is 0 Å². The first-order valence-electron chi connectivity index (χ1n) is 8.90. The third-order valence-corrected chi connectivity index (χ3v) is 4.64. The zero-order chi connectivity index (χ0) is 17.6. The molecule has 1 unspecified atom stereocenters. The quantitative estimate of drug-likeness (QED) is 0.929. The van der Waals surface area contributed by atoms with Crippen molar-refractivity contribution in [3.8, 4) is 11.1 Å². The van der Waals surface area contributed by atoms with E-state index in [4.69, 9.17) is 0 Å². The highest BCUT2D eigenvalue weighted by Gasteiger charge is 2.23. The number of piperidine rings is 1. The summed E-state index contributed by atoms with van der Waals surface area (Å²) in [6.45, 7) is 3.35. The summed E-state index contributed by atoms with van der Waals surface area (Å²) in [6.07, 6.45) is 3.28. The second-order valence-electron chi connectivity index (χ2n) is 6.52. The Balaban J connectivity index is 1.61. The third-order valence-electron chi connectivity index (χ3n) is 4.64. The van der Waals surface area contributed by atoms with Gasteiger partial charge in [0.2, 0.25) is 5.91 Å². The lowest BCUT2D eigenvalue weighted by Gasteiger charge is -2.29. The standard InChI is InChI=1S/C21H24N2O2/c1-16(21(25)23-14-6-3-7-15-23)22-20(24)19-12-10-18(11-13-19)17-8-4-2-5-9-17/h2,4-5,8-13,16H,3,6-7,14-15H2,1H3,(H,22,24). The fourth-order valence-corrected chi connectivity index (χ4v) is 3.17. The molecule has 1 heterocycles. The van der Waals surface area contributed by atoms with Gasteiger partial charge in [0, 0.05) is 18.7 Å². The van der Waals surface area contributed by atoms with Crippen LogP contribution in [0.1, 0.15) is 36.5 Å². The monoisotopic (exact) mass is 336 g/mol. The lowest BCUT2D eigenvalue weighted by atomic mass is 10.0. The molecule has 4 heteroatoms. The normalized spacial score (nSPS) is 15.5. The van der Waals surface area contributed by atoms with Crippen LogP contribution in [-0.4, -0.2) is 35.8 Å². The van der Waals surface area contributed by atoms with Crippen molar-refractivity contribution in [2.75, 3.05) is 13.1 Å². The average Bonchev–Trinajstić information content (AvgIpc) is 2.68. The smallest absolute Gasteiger partial charge is 0.251 e. The van der Waals surface area contributed by atoms with Crippen molar-refractivity contribution in [3.63, 3.8) is 0 Å². The number of amides is 2. The number of carbonyl (C=O) groups excluding carboxylic acids is 2. The van der Waals surface area contributed by atoms with Crippen molar-refractivity contribution < 1.29 is 9.59 Å². The molecule has 0 bridgehead atoms. The number of benzene rings is 2. The van der Waals surface area contributed by atoms with Gasteiger partial charge >= 0.3 is 0 Å². The highest BCUT2D eigenvalue weighted by molar-refractivity contribution is 5.97. The lowest BCUT2D eigenvalue weighted by Crippen LogP contribution is -2.48. The van der Waals surface area contributed by atoms with Gasteiger partial charge in [0.05, 0.1) is 0 Å². The molecule has 0 saturated carbocycles. The molecule has 1 fully saturated rings. The lowest BCUT2D eigenvalue weighted by molar-refractivity contribution is -0.133. The highest BCUT2D eigenvalue weighted by Crippen LogP contribution is 2.19. The Hall–Kier alpha value is -2.62. The van der Waals surface area contributed by atoms with E-state index in [9.17, 15) is 9.59 Å². The van der Waals surface area contributed by atoms with Crippen LogP contribution in [0.3, 0.4) is 0 Å². The summed E-state index contributed by atoms with van der Waals surface area (Å²) >= 11 is 0. The van der Waals surface area contributed by atoms with Crippen molar-refractivity contribution >= 4 is 11.8 Å². The van der Waals surface area contributed by atoms with Gasteiger partial charge in [-0.1, -0.05) is 42.5 Å². The fourth-order valence-electron chi connectivity index (χ4n) is 3.17. The predicted molar refractivity (Wildman–Crippen MR) is 99.2 cm³/mol. The van der Waals surface area contributed by atoms with Gasteiger partial charge in [-0.15, -0.1) is 0 Å². The molecule has 0 aromatic heterocycles. The first kappa shape index (κ1) is 17.2. The minimum Gasteiger partial charge on any atom is -0.341 e. The van der Waals surface area contributed by atoms with Crippen molar-refractivity contribution in [3.05, 3.63) is 60.2 Å². The second-order valence-corrected chi connectivity index (χ2v) is 6.52. The topological polar surface area (TPSA) is 49.4 Å². The first-order valence-corrected chi connectivity index (χ1v) is 8.90. The van der Waals surface area contributed by atoms with Gasteiger partial charge in [-0.2, -0.15) is 0 Å². The number of likely N-dealkylation sites (tertiary alicyclic amines) is 1. The van der Waals surface area contributed by atoms with Gasteiger partial charge in [0.15, 0.2) is 0 Å². The summed E-state index contributed by atoms with van der Waals surface area (Å²) in [4.78, 5) is 26.7. The summed E-state index contributed by atoms with van der Waals surface area (Å²) in [6, 6.07) is 17.0. The van der Waals surface area contributed by atoms with Gasteiger partial charge < -0.3 is 10.2 Å². The summed E-state index contributed by atoms with van der Waals surface area (Å²) in [5.74, 6) is -0.202. The molecule has 1 atom stereocenters. The number of nitrogens with zero attached hydrogens (tertiary/aromatic N) is 1. The summed E-state index contributed by atoms with van der Waals surface area (Å²) < 4.78 is 0. The molecule has 2 aromatic carbocycles. The van der Waals surface area contributed by atoms with Crippen LogP contribution in [0.15, 0.2) is 54.6 Å². The van der Waals surface area contributed by atoms with E-state index in [-0.39, 0.29) is 11.8 Å². The maximum absolute atomic E-state index is 12.4. The number of hydrogen-bond donors (Lipinski definition) is 1. The average molecular weight is 336 g/mol. The Morgan fingerprint density at radius 2 is 1.48 bits per heavy atom. The zero-order valence-corrected chi connectivity index (χ0v) is 14.6. The van der Waals surface area contributed by atoms with E-state index in [2.05, 4.69) is 5.32 Å². The van der Waals surface area contributed by atoms with E-state index < -0.39 is 6.04 Å². The highest BCUT2D eigenvalue weighted by atomic mass is 16.2. The molecule has 0 radical (unpaired) electrons. The Morgan fingerprint density at radius 3 is 2.12 bits per heavy atom. The minimum atomic E-state index is -0.501. The molecule has 2 aromatic rings. The predicted octanol–water partition coefficient (Wildman–Crippen LogP) is 3.48. The van der Waals surface area contributed by atoms with Gasteiger partial charge in [0.25, 0.3) is 5.91 Å². The Morgan fingerprint density at radius 1 is 0.880 bits per heavy atom. The van der Waals surface area contributed by atoms with Crippen LogP contribution in [0.4, 0.5) is 0 Å². The molecule has 1 N–H and O–H groups in total. The van der Waals surface area contributed by atoms with Crippen molar-refractivity contribution in [1.29, 1.82) is 0 Å². The molecule has 0 spiro atoms. The summed E-state index contributed by atoms with van der Waals surface area (Å²) in [5, 5.41) is 2.82. The van der Waals surface area contributed by atoms with Gasteiger partial charge in [-0.25, -0.2) is 0 Å². The molecule has 130 valence electrons. The molecule has 1 aliphatic rings. The van der Waals surface area contributed by atoms with Crippen molar-refractivity contribution in [2.45, 2.75) is 32.2 Å². The molecular weight excluding hydrogens is 312 g/mol. The Labute approximate surface area is 148 Å². The Bertz CT molecular complexity index is 719. The van der Waals surface area contributed by atoms with Crippen LogP contribution in [0.5, 0.6) is 0 Å². The van der Waals surface area contributed by atoms with E-state index in [0.29, 0.717) is 5.56 Å². The number of rotatable bonds is 4. The molecule has 0 aliphatic carbocycles. The molecule has 2 amide bonds. The van der Waals surface area contributed by atoms with E-state index in [1.807, 2.05) is 47.4 Å². The van der Waals surface area contributed by atoms with Gasteiger partial charge in [-0.05, 0) is 49.4 Å². The zero-order valence-electron chi connectivity index (χ0n) is 14.6. The van der Waals surface area contributed by atoms with E-state index in [1.54, 1.807) is 19.1 Å².